The van der Waals surface area contributed by atoms with E-state index in [9.17, 15) is 26.3 Å². The fourth-order valence-corrected chi connectivity index (χ4v) is 2.05. The fourth-order valence-electron chi connectivity index (χ4n) is 0.955. The molecule has 0 unspecified atom stereocenters. The fraction of sp³-hybridized carbons (Fsp3) is 0.333. The zero-order valence-electron chi connectivity index (χ0n) is 7.69. The van der Waals surface area contributed by atoms with Crippen molar-refractivity contribution in [3.8, 4) is 0 Å². The molecule has 1 aromatic rings. The molecule has 0 radical (unpaired) electrons. The summed E-state index contributed by atoms with van der Waals surface area (Å²) in [6, 6.07) is 3.75. The summed E-state index contributed by atoms with van der Waals surface area (Å²) in [6.45, 7) is 0. The molecule has 0 saturated heterocycles. The summed E-state index contributed by atoms with van der Waals surface area (Å²) in [7, 11) is 0. The van der Waals surface area contributed by atoms with Gasteiger partial charge in [0.15, 0.2) is 0 Å². The Balaban J connectivity index is 2.66. The van der Waals surface area contributed by atoms with Crippen LogP contribution in [0.5, 0.6) is 0 Å². The predicted octanol–water partition coefficient (Wildman–Crippen LogP) is 3.43. The number of alkyl halides is 6. The van der Waals surface area contributed by atoms with Crippen molar-refractivity contribution in [3.05, 3.63) is 35.4 Å². The number of benzene rings is 1. The number of halogens is 6. The van der Waals surface area contributed by atoms with E-state index in [2.05, 4.69) is 0 Å². The molecule has 0 spiro atoms. The van der Waals surface area contributed by atoms with E-state index in [1.165, 1.54) is 0 Å². The SMILES string of the molecule is FC(F)(F)[Se]Cc1ccc(C(F)(F)F)cc1. The van der Waals surface area contributed by atoms with E-state index in [1.807, 2.05) is 0 Å². The van der Waals surface area contributed by atoms with Gasteiger partial charge in [-0.05, 0) is 0 Å². The Kier molecular flexibility index (Phi) is 3.91. The van der Waals surface area contributed by atoms with Gasteiger partial charge in [0.1, 0.15) is 0 Å². The Labute approximate surface area is 93.8 Å². The van der Waals surface area contributed by atoms with Crippen molar-refractivity contribution in [2.24, 2.45) is 0 Å². The summed E-state index contributed by atoms with van der Waals surface area (Å²) in [6.07, 6.45) is -4.45. The Hall–Kier alpha value is -0.681. The van der Waals surface area contributed by atoms with E-state index >= 15 is 0 Å². The third-order valence-corrected chi connectivity index (χ3v) is 3.37. The van der Waals surface area contributed by atoms with Crippen LogP contribution in [0.4, 0.5) is 26.3 Å². The molecule has 0 N–H and O–H groups in total. The second-order valence-corrected chi connectivity index (χ2v) is 5.11. The molecule has 90 valence electrons. The van der Waals surface area contributed by atoms with Crippen LogP contribution < -0.4 is 0 Å². The zero-order valence-corrected chi connectivity index (χ0v) is 9.41. The third kappa shape index (κ3) is 4.45. The number of rotatable bonds is 2. The van der Waals surface area contributed by atoms with Gasteiger partial charge < -0.3 is 0 Å². The van der Waals surface area contributed by atoms with E-state index in [1.54, 1.807) is 0 Å². The summed E-state index contributed by atoms with van der Waals surface area (Å²) in [4.78, 5) is 0. The second-order valence-electron chi connectivity index (χ2n) is 2.93. The van der Waals surface area contributed by atoms with Crippen molar-refractivity contribution < 1.29 is 26.3 Å². The predicted molar refractivity (Wildman–Crippen MR) is 47.0 cm³/mol. The first-order valence-corrected chi connectivity index (χ1v) is 6.12. The van der Waals surface area contributed by atoms with Crippen LogP contribution in [0.25, 0.3) is 0 Å². The minimum absolute atomic E-state index is 0.241. The van der Waals surface area contributed by atoms with Crippen LogP contribution in [0.2, 0.25) is 0 Å². The van der Waals surface area contributed by atoms with Gasteiger partial charge >= 0.3 is 93.3 Å². The van der Waals surface area contributed by atoms with E-state index in [0.29, 0.717) is 0 Å². The maximum atomic E-state index is 12.1. The molecular formula is C9H6F6Se. The quantitative estimate of drug-likeness (QED) is 0.580. The van der Waals surface area contributed by atoms with E-state index < -0.39 is 31.8 Å². The van der Waals surface area contributed by atoms with Crippen LogP contribution in [0.3, 0.4) is 0 Å². The second kappa shape index (κ2) is 4.67. The number of hydrogen-bond acceptors (Lipinski definition) is 0. The summed E-state index contributed by atoms with van der Waals surface area (Å²) in [5, 5.41) is -4.47. The monoisotopic (exact) mass is 308 g/mol. The van der Waals surface area contributed by atoms with Crippen LogP contribution in [0, 0.1) is 0 Å². The molecule has 0 aliphatic rings. The molecule has 0 heterocycles. The van der Waals surface area contributed by atoms with Crippen molar-refractivity contribution in [2.45, 2.75) is 16.6 Å². The summed E-state index contributed by atoms with van der Waals surface area (Å²) in [5.74, 6) is 0. The average Bonchev–Trinajstić information content (AvgIpc) is 2.13. The van der Waals surface area contributed by atoms with Crippen molar-refractivity contribution in [3.63, 3.8) is 0 Å². The number of hydrogen-bond donors (Lipinski definition) is 0. The molecule has 16 heavy (non-hydrogen) atoms. The molecule has 0 atom stereocenters. The van der Waals surface area contributed by atoms with Crippen molar-refractivity contribution in [1.29, 1.82) is 0 Å². The first kappa shape index (κ1) is 13.4. The maximum absolute atomic E-state index is 12.1. The molecule has 1 rings (SSSR count). The van der Waals surface area contributed by atoms with Gasteiger partial charge in [0.05, 0.1) is 0 Å². The molecule has 0 fully saturated rings. The average molecular weight is 307 g/mol. The first-order valence-electron chi connectivity index (χ1n) is 4.05. The zero-order chi connectivity index (χ0) is 12.4. The van der Waals surface area contributed by atoms with Gasteiger partial charge in [-0.2, -0.15) is 0 Å². The summed E-state index contributed by atoms with van der Waals surface area (Å²) >= 11 is -1.59. The van der Waals surface area contributed by atoms with Gasteiger partial charge in [-0.15, -0.1) is 0 Å². The van der Waals surface area contributed by atoms with E-state index in [-0.39, 0.29) is 10.9 Å². The van der Waals surface area contributed by atoms with Crippen LogP contribution in [0.15, 0.2) is 24.3 Å². The van der Waals surface area contributed by atoms with Gasteiger partial charge in [-0.1, -0.05) is 0 Å². The van der Waals surface area contributed by atoms with E-state index in [4.69, 9.17) is 0 Å². The van der Waals surface area contributed by atoms with Crippen LogP contribution in [-0.2, 0) is 11.5 Å². The van der Waals surface area contributed by atoms with Gasteiger partial charge in [0.25, 0.3) is 0 Å². The molecule has 7 heteroatoms. The molecule has 0 aliphatic heterocycles. The first-order chi connectivity index (χ1) is 7.18. The van der Waals surface area contributed by atoms with Crippen molar-refractivity contribution in [2.75, 3.05) is 0 Å². The standard InChI is InChI=1S/C9H6F6Se/c10-8(11,12)7-3-1-6(2-4-7)5-16-9(13,14)15/h1-4H,5H2. The molecule has 0 nitrogen and oxygen atoms in total. The van der Waals surface area contributed by atoms with Crippen LogP contribution in [-0.4, -0.2) is 20.0 Å². The Morgan fingerprint density at radius 2 is 1.38 bits per heavy atom. The Bertz CT molecular complexity index is 337. The van der Waals surface area contributed by atoms with Gasteiger partial charge in [0, 0.05) is 0 Å². The molecule has 0 bridgehead atoms. The molecule has 1 aromatic carbocycles. The molecular weight excluding hydrogens is 301 g/mol. The van der Waals surface area contributed by atoms with Crippen LogP contribution >= 0.6 is 0 Å². The molecule has 0 amide bonds. The van der Waals surface area contributed by atoms with Gasteiger partial charge in [-0.25, -0.2) is 0 Å². The topological polar surface area (TPSA) is 0 Å². The minimum atomic E-state index is -4.45. The molecule has 0 aliphatic carbocycles. The summed E-state index contributed by atoms with van der Waals surface area (Å²) < 4.78 is 71.9. The molecule has 0 saturated carbocycles. The van der Waals surface area contributed by atoms with Crippen molar-refractivity contribution >= 4 is 15.0 Å². The van der Waals surface area contributed by atoms with Crippen molar-refractivity contribution in [1.82, 2.24) is 0 Å². The summed E-state index contributed by atoms with van der Waals surface area (Å²) in [5.41, 5.74) is -0.582. The Morgan fingerprint density at radius 3 is 1.75 bits per heavy atom. The third-order valence-electron chi connectivity index (χ3n) is 1.68. The Morgan fingerprint density at radius 1 is 0.875 bits per heavy atom. The van der Waals surface area contributed by atoms with Crippen LogP contribution in [0.1, 0.15) is 11.1 Å². The van der Waals surface area contributed by atoms with Gasteiger partial charge in [-0.3, -0.25) is 0 Å². The van der Waals surface area contributed by atoms with Gasteiger partial charge in [0.2, 0.25) is 0 Å². The normalized spacial score (nSPS) is 12.9. The molecule has 0 aromatic heterocycles. The van der Waals surface area contributed by atoms with E-state index in [0.717, 1.165) is 24.3 Å².